The van der Waals surface area contributed by atoms with Gasteiger partial charge in [0, 0.05) is 19.5 Å². The smallest absolute Gasteiger partial charge is 0.317 e. The summed E-state index contributed by atoms with van der Waals surface area (Å²) in [5.74, 6) is -0.838. The van der Waals surface area contributed by atoms with Crippen molar-refractivity contribution in [1.29, 1.82) is 0 Å². The van der Waals surface area contributed by atoms with Gasteiger partial charge in [-0.25, -0.2) is 4.79 Å². The number of hydrogen-bond donors (Lipinski definition) is 2. The van der Waals surface area contributed by atoms with E-state index in [0.29, 0.717) is 19.5 Å². The van der Waals surface area contributed by atoms with Crippen LogP contribution in [0, 0.1) is 0 Å². The molecule has 0 spiro atoms. The lowest BCUT2D eigenvalue weighted by Crippen LogP contribution is -2.42. The highest BCUT2D eigenvalue weighted by Gasteiger charge is 2.20. The maximum atomic E-state index is 12.4. The zero-order valence-corrected chi connectivity index (χ0v) is 13.4. The summed E-state index contributed by atoms with van der Waals surface area (Å²) in [6, 6.07) is 9.78. The molecular weight excluding hydrogens is 280 g/mol. The maximum Gasteiger partial charge on any atom is 0.317 e. The highest BCUT2D eigenvalue weighted by molar-refractivity contribution is 5.74. The Labute approximate surface area is 132 Å². The lowest BCUT2D eigenvalue weighted by molar-refractivity contribution is -0.137. The molecule has 1 aromatic rings. The van der Waals surface area contributed by atoms with Crippen LogP contribution in [0.2, 0.25) is 0 Å². The molecule has 5 nitrogen and oxygen atoms in total. The minimum absolute atomic E-state index is 0.00720. The molecule has 0 heterocycles. The Morgan fingerprint density at radius 3 is 2.50 bits per heavy atom. The molecule has 0 fully saturated rings. The average Bonchev–Trinajstić information content (AvgIpc) is 2.52. The first-order valence-electron chi connectivity index (χ1n) is 7.87. The van der Waals surface area contributed by atoms with E-state index in [0.717, 1.165) is 18.4 Å². The van der Waals surface area contributed by atoms with Crippen LogP contribution in [0.1, 0.15) is 51.1 Å². The summed E-state index contributed by atoms with van der Waals surface area (Å²) in [6.07, 6.45) is 2.48. The minimum atomic E-state index is -0.838. The summed E-state index contributed by atoms with van der Waals surface area (Å²) < 4.78 is 0. The van der Waals surface area contributed by atoms with E-state index in [1.165, 1.54) is 0 Å². The van der Waals surface area contributed by atoms with Gasteiger partial charge in [0.25, 0.3) is 0 Å². The fraction of sp³-hybridized carbons (Fsp3) is 0.529. The van der Waals surface area contributed by atoms with Crippen LogP contribution in [0.5, 0.6) is 0 Å². The van der Waals surface area contributed by atoms with Crippen LogP contribution >= 0.6 is 0 Å². The third-order valence-corrected chi connectivity index (χ3v) is 3.61. The molecule has 0 aliphatic rings. The Balaban J connectivity index is 2.62. The van der Waals surface area contributed by atoms with Gasteiger partial charge in [-0.2, -0.15) is 0 Å². The van der Waals surface area contributed by atoms with Gasteiger partial charge in [-0.05, 0) is 25.3 Å². The second kappa shape index (κ2) is 9.82. The van der Waals surface area contributed by atoms with Crippen molar-refractivity contribution in [1.82, 2.24) is 10.2 Å². The Kier molecular flexibility index (Phi) is 8.04. The summed E-state index contributed by atoms with van der Waals surface area (Å²) >= 11 is 0. The van der Waals surface area contributed by atoms with E-state index in [-0.39, 0.29) is 18.5 Å². The fourth-order valence-corrected chi connectivity index (χ4v) is 2.25. The van der Waals surface area contributed by atoms with Gasteiger partial charge in [0.05, 0.1) is 6.04 Å². The second-order valence-corrected chi connectivity index (χ2v) is 5.36. The van der Waals surface area contributed by atoms with Crippen LogP contribution in [0.15, 0.2) is 30.3 Å². The molecule has 0 aliphatic carbocycles. The zero-order chi connectivity index (χ0) is 16.4. The SMILES string of the molecule is CCCCN(C(=O)NCCCC(=O)O)C(C)c1ccccc1. The van der Waals surface area contributed by atoms with Crippen molar-refractivity contribution in [2.75, 3.05) is 13.1 Å². The Hall–Kier alpha value is -2.04. The Morgan fingerprint density at radius 2 is 1.91 bits per heavy atom. The summed E-state index contributed by atoms with van der Waals surface area (Å²) in [7, 11) is 0. The normalized spacial score (nSPS) is 11.7. The van der Waals surface area contributed by atoms with Gasteiger partial charge in [0.2, 0.25) is 0 Å². The fourth-order valence-electron chi connectivity index (χ4n) is 2.25. The van der Waals surface area contributed by atoms with E-state index in [1.54, 1.807) is 0 Å². The number of urea groups is 1. The molecule has 0 aromatic heterocycles. The average molecular weight is 306 g/mol. The van der Waals surface area contributed by atoms with Crippen molar-refractivity contribution in [3.05, 3.63) is 35.9 Å². The van der Waals surface area contributed by atoms with Crippen molar-refractivity contribution in [3.63, 3.8) is 0 Å². The van der Waals surface area contributed by atoms with Gasteiger partial charge in [0.15, 0.2) is 0 Å². The number of rotatable bonds is 9. The van der Waals surface area contributed by atoms with E-state index >= 15 is 0 Å². The maximum absolute atomic E-state index is 12.4. The number of aliphatic carboxylic acids is 1. The number of nitrogens with zero attached hydrogens (tertiary/aromatic N) is 1. The molecule has 122 valence electrons. The molecule has 1 atom stereocenters. The van der Waals surface area contributed by atoms with E-state index in [4.69, 9.17) is 5.11 Å². The van der Waals surface area contributed by atoms with Gasteiger partial charge in [-0.1, -0.05) is 43.7 Å². The number of carboxylic acids is 1. The molecule has 0 saturated heterocycles. The van der Waals surface area contributed by atoms with E-state index < -0.39 is 5.97 Å². The Morgan fingerprint density at radius 1 is 1.23 bits per heavy atom. The van der Waals surface area contributed by atoms with Crippen LogP contribution in [-0.2, 0) is 4.79 Å². The first-order valence-corrected chi connectivity index (χ1v) is 7.87. The topological polar surface area (TPSA) is 69.6 Å². The van der Waals surface area contributed by atoms with Gasteiger partial charge < -0.3 is 15.3 Å². The summed E-state index contributed by atoms with van der Waals surface area (Å²) in [6.45, 7) is 5.19. The first kappa shape index (κ1) is 18.0. The number of amides is 2. The molecule has 0 aliphatic heterocycles. The number of carbonyl (C=O) groups is 2. The molecule has 1 aromatic carbocycles. The molecule has 0 bridgehead atoms. The van der Waals surface area contributed by atoms with Crippen molar-refractivity contribution in [2.24, 2.45) is 0 Å². The number of benzene rings is 1. The summed E-state index contributed by atoms with van der Waals surface area (Å²) in [5.41, 5.74) is 1.10. The quantitative estimate of drug-likeness (QED) is 0.687. The monoisotopic (exact) mass is 306 g/mol. The van der Waals surface area contributed by atoms with Crippen LogP contribution in [0.4, 0.5) is 4.79 Å². The largest absolute Gasteiger partial charge is 0.481 e. The number of nitrogens with one attached hydrogen (secondary N) is 1. The molecule has 1 rings (SSSR count). The molecular formula is C17H26N2O3. The zero-order valence-electron chi connectivity index (χ0n) is 13.4. The summed E-state index contributed by atoms with van der Waals surface area (Å²) in [5, 5.41) is 11.4. The predicted octanol–water partition coefficient (Wildman–Crippen LogP) is 3.42. The summed E-state index contributed by atoms with van der Waals surface area (Å²) in [4.78, 5) is 24.7. The van der Waals surface area contributed by atoms with Crippen molar-refractivity contribution in [2.45, 2.75) is 45.6 Å². The van der Waals surface area contributed by atoms with E-state index in [1.807, 2.05) is 42.2 Å². The molecule has 2 N–H and O–H groups in total. The van der Waals surface area contributed by atoms with Gasteiger partial charge in [-0.15, -0.1) is 0 Å². The molecule has 2 amide bonds. The van der Waals surface area contributed by atoms with Crippen molar-refractivity contribution in [3.8, 4) is 0 Å². The second-order valence-electron chi connectivity index (χ2n) is 5.36. The van der Waals surface area contributed by atoms with Crippen LogP contribution < -0.4 is 5.32 Å². The van der Waals surface area contributed by atoms with E-state index in [9.17, 15) is 9.59 Å². The number of hydrogen-bond acceptors (Lipinski definition) is 2. The Bertz CT molecular complexity index is 462. The van der Waals surface area contributed by atoms with E-state index in [2.05, 4.69) is 12.2 Å². The van der Waals surface area contributed by atoms with Gasteiger partial charge in [-0.3, -0.25) is 4.79 Å². The molecule has 5 heteroatoms. The first-order chi connectivity index (χ1) is 10.6. The number of carbonyl (C=O) groups excluding carboxylic acids is 1. The van der Waals surface area contributed by atoms with Crippen molar-refractivity contribution >= 4 is 12.0 Å². The minimum Gasteiger partial charge on any atom is -0.481 e. The van der Waals surface area contributed by atoms with Crippen molar-refractivity contribution < 1.29 is 14.7 Å². The third kappa shape index (κ3) is 6.16. The highest BCUT2D eigenvalue weighted by Crippen LogP contribution is 2.20. The predicted molar refractivity (Wildman–Crippen MR) is 86.7 cm³/mol. The lowest BCUT2D eigenvalue weighted by atomic mass is 10.1. The highest BCUT2D eigenvalue weighted by atomic mass is 16.4. The molecule has 0 radical (unpaired) electrons. The molecule has 1 unspecified atom stereocenters. The van der Waals surface area contributed by atoms with Crippen LogP contribution in [-0.4, -0.2) is 35.1 Å². The van der Waals surface area contributed by atoms with Crippen LogP contribution in [0.3, 0.4) is 0 Å². The molecule has 22 heavy (non-hydrogen) atoms. The molecule has 0 saturated carbocycles. The van der Waals surface area contributed by atoms with Gasteiger partial charge in [0.1, 0.15) is 0 Å². The number of carboxylic acid groups (broad SMARTS) is 1. The van der Waals surface area contributed by atoms with Gasteiger partial charge >= 0.3 is 12.0 Å². The number of unbranched alkanes of at least 4 members (excludes halogenated alkanes) is 1. The lowest BCUT2D eigenvalue weighted by Gasteiger charge is -2.30. The third-order valence-electron chi connectivity index (χ3n) is 3.61. The standard InChI is InChI=1S/C17H26N2O3/c1-3-4-13-19(14(2)15-9-6-5-7-10-15)17(22)18-12-8-11-16(20)21/h5-7,9-10,14H,3-4,8,11-13H2,1-2H3,(H,18,22)(H,20,21). The van der Waals surface area contributed by atoms with Crippen LogP contribution in [0.25, 0.3) is 0 Å².